The van der Waals surface area contributed by atoms with Crippen LogP contribution in [0.4, 0.5) is 5.82 Å². The highest BCUT2D eigenvalue weighted by Crippen LogP contribution is 2.33. The van der Waals surface area contributed by atoms with Gasteiger partial charge in [0.05, 0.1) is 5.02 Å². The molecule has 0 amide bonds. The second-order valence-corrected chi connectivity index (χ2v) is 5.75. The molecule has 0 spiro atoms. The molecule has 0 saturated heterocycles. The van der Waals surface area contributed by atoms with Crippen molar-refractivity contribution < 1.29 is 0 Å². The number of nitrogens with two attached hydrogens (primary N) is 1. The molecule has 0 bridgehead atoms. The van der Waals surface area contributed by atoms with E-state index in [0.717, 1.165) is 15.7 Å². The average molecular weight is 295 g/mol. The SMILES string of the molecule is CC(C)c1nc(NN)cc(Sc2ccccc2Cl)n1. The zero-order valence-corrected chi connectivity index (χ0v) is 12.3. The third-order valence-corrected chi connectivity index (χ3v) is 3.87. The molecule has 2 aromatic rings. The first-order valence-corrected chi connectivity index (χ1v) is 7.07. The first kappa shape index (κ1) is 14.1. The third-order valence-electron chi connectivity index (χ3n) is 2.44. The smallest absolute Gasteiger partial charge is 0.144 e. The van der Waals surface area contributed by atoms with Gasteiger partial charge in [-0.1, -0.05) is 49.3 Å². The van der Waals surface area contributed by atoms with Crippen molar-refractivity contribution in [2.45, 2.75) is 29.7 Å². The number of halogens is 1. The molecule has 0 saturated carbocycles. The fourth-order valence-corrected chi connectivity index (χ4v) is 2.57. The maximum atomic E-state index is 6.15. The van der Waals surface area contributed by atoms with Gasteiger partial charge in [-0.2, -0.15) is 0 Å². The zero-order valence-electron chi connectivity index (χ0n) is 10.7. The lowest BCUT2D eigenvalue weighted by molar-refractivity contribution is 0.754. The fourth-order valence-electron chi connectivity index (χ4n) is 1.47. The third kappa shape index (κ3) is 3.59. The second kappa shape index (κ2) is 6.23. The van der Waals surface area contributed by atoms with Crippen LogP contribution in [0.15, 0.2) is 40.3 Å². The summed E-state index contributed by atoms with van der Waals surface area (Å²) in [4.78, 5) is 9.80. The Labute approximate surface area is 121 Å². The standard InChI is InChI=1S/C13H15ClN4S/c1-8(2)13-16-11(18-15)7-12(17-13)19-10-6-4-3-5-9(10)14/h3-8H,15H2,1-2H3,(H,16,17,18). The van der Waals surface area contributed by atoms with Crippen LogP contribution in [-0.4, -0.2) is 9.97 Å². The molecule has 3 N–H and O–H groups in total. The van der Waals surface area contributed by atoms with Gasteiger partial charge in [-0.05, 0) is 12.1 Å². The number of benzene rings is 1. The summed E-state index contributed by atoms with van der Waals surface area (Å²) in [6.07, 6.45) is 0. The van der Waals surface area contributed by atoms with Crippen LogP contribution >= 0.6 is 23.4 Å². The normalized spacial score (nSPS) is 10.8. The Bertz CT molecular complexity index is 574. The number of nitrogens with zero attached hydrogens (tertiary/aromatic N) is 2. The lowest BCUT2D eigenvalue weighted by atomic mass is 10.2. The molecule has 1 aromatic carbocycles. The van der Waals surface area contributed by atoms with E-state index in [1.807, 2.05) is 38.1 Å². The molecule has 1 heterocycles. The minimum absolute atomic E-state index is 0.235. The Morgan fingerprint density at radius 1 is 1.26 bits per heavy atom. The highest BCUT2D eigenvalue weighted by Gasteiger charge is 2.10. The molecule has 0 aliphatic rings. The summed E-state index contributed by atoms with van der Waals surface area (Å²) in [5, 5.41) is 1.53. The van der Waals surface area contributed by atoms with Crippen LogP contribution in [0.25, 0.3) is 0 Å². The molecule has 6 heteroatoms. The highest BCUT2D eigenvalue weighted by atomic mass is 35.5. The van der Waals surface area contributed by atoms with E-state index in [2.05, 4.69) is 15.4 Å². The van der Waals surface area contributed by atoms with Gasteiger partial charge in [0.15, 0.2) is 0 Å². The number of anilines is 1. The molecule has 2 rings (SSSR count). The maximum Gasteiger partial charge on any atom is 0.144 e. The summed E-state index contributed by atoms with van der Waals surface area (Å²) >= 11 is 7.64. The molecule has 19 heavy (non-hydrogen) atoms. The van der Waals surface area contributed by atoms with Crippen molar-refractivity contribution in [3.05, 3.63) is 41.2 Å². The van der Waals surface area contributed by atoms with Crippen LogP contribution in [-0.2, 0) is 0 Å². The first-order chi connectivity index (χ1) is 9.10. The van der Waals surface area contributed by atoms with E-state index in [1.165, 1.54) is 11.8 Å². The Morgan fingerprint density at radius 2 is 2.00 bits per heavy atom. The van der Waals surface area contributed by atoms with Gasteiger partial charge in [0, 0.05) is 16.9 Å². The number of hydrogen-bond donors (Lipinski definition) is 2. The van der Waals surface area contributed by atoms with Crippen LogP contribution in [0.5, 0.6) is 0 Å². The number of rotatable bonds is 4. The van der Waals surface area contributed by atoms with Crippen molar-refractivity contribution in [2.24, 2.45) is 5.84 Å². The van der Waals surface area contributed by atoms with Crippen LogP contribution in [0.2, 0.25) is 5.02 Å². The largest absolute Gasteiger partial charge is 0.308 e. The molecule has 0 radical (unpaired) electrons. The topological polar surface area (TPSA) is 63.8 Å². The molecular weight excluding hydrogens is 280 g/mol. The summed E-state index contributed by atoms with van der Waals surface area (Å²) < 4.78 is 0. The molecule has 0 aliphatic heterocycles. The van der Waals surface area contributed by atoms with Crippen LogP contribution in [0.3, 0.4) is 0 Å². The van der Waals surface area contributed by atoms with E-state index >= 15 is 0 Å². The van der Waals surface area contributed by atoms with Crippen molar-refractivity contribution in [1.82, 2.24) is 9.97 Å². The molecule has 0 aliphatic carbocycles. The fraction of sp³-hybridized carbons (Fsp3) is 0.231. The van der Waals surface area contributed by atoms with Gasteiger partial charge in [-0.15, -0.1) is 0 Å². The summed E-state index contributed by atoms with van der Waals surface area (Å²) in [6, 6.07) is 9.47. The summed E-state index contributed by atoms with van der Waals surface area (Å²) in [6.45, 7) is 4.08. The molecule has 1 aromatic heterocycles. The predicted molar refractivity (Wildman–Crippen MR) is 79.5 cm³/mol. The lowest BCUT2D eigenvalue weighted by Crippen LogP contribution is -2.11. The summed E-state index contributed by atoms with van der Waals surface area (Å²) in [5.41, 5.74) is 2.57. The van der Waals surface area contributed by atoms with Crippen LogP contribution < -0.4 is 11.3 Å². The molecule has 0 unspecified atom stereocenters. The zero-order chi connectivity index (χ0) is 13.8. The van der Waals surface area contributed by atoms with E-state index in [1.54, 1.807) is 6.07 Å². The van der Waals surface area contributed by atoms with Crippen molar-refractivity contribution in [3.63, 3.8) is 0 Å². The minimum atomic E-state index is 0.235. The van der Waals surface area contributed by atoms with Gasteiger partial charge in [-0.3, -0.25) is 0 Å². The minimum Gasteiger partial charge on any atom is -0.308 e. The summed E-state index contributed by atoms with van der Waals surface area (Å²) in [5.74, 6) is 7.03. The Kier molecular flexibility index (Phi) is 4.63. The van der Waals surface area contributed by atoms with Gasteiger partial charge in [0.1, 0.15) is 16.7 Å². The highest BCUT2D eigenvalue weighted by molar-refractivity contribution is 7.99. The average Bonchev–Trinajstić information content (AvgIpc) is 2.41. The van der Waals surface area contributed by atoms with E-state index < -0.39 is 0 Å². The molecule has 0 fully saturated rings. The Hall–Kier alpha value is -1.30. The van der Waals surface area contributed by atoms with E-state index in [9.17, 15) is 0 Å². The number of nitrogens with one attached hydrogen (secondary N) is 1. The van der Waals surface area contributed by atoms with E-state index in [4.69, 9.17) is 17.4 Å². The van der Waals surface area contributed by atoms with E-state index in [0.29, 0.717) is 10.8 Å². The van der Waals surface area contributed by atoms with Crippen molar-refractivity contribution in [1.29, 1.82) is 0 Å². The predicted octanol–water partition coefficient (Wildman–Crippen LogP) is 3.69. The number of hydrazine groups is 1. The number of aromatic nitrogens is 2. The lowest BCUT2D eigenvalue weighted by Gasteiger charge is -2.10. The molecule has 4 nitrogen and oxygen atoms in total. The molecule has 100 valence electrons. The van der Waals surface area contributed by atoms with Gasteiger partial charge in [-0.25, -0.2) is 15.8 Å². The van der Waals surface area contributed by atoms with Gasteiger partial charge >= 0.3 is 0 Å². The maximum absolute atomic E-state index is 6.15. The molecular formula is C13H15ClN4S. The molecule has 0 atom stereocenters. The van der Waals surface area contributed by atoms with Crippen LogP contribution in [0.1, 0.15) is 25.6 Å². The van der Waals surface area contributed by atoms with Crippen molar-refractivity contribution in [3.8, 4) is 0 Å². The number of nitrogen functional groups attached to an aromatic ring is 1. The first-order valence-electron chi connectivity index (χ1n) is 5.88. The van der Waals surface area contributed by atoms with Gasteiger partial charge < -0.3 is 5.43 Å². The van der Waals surface area contributed by atoms with Crippen molar-refractivity contribution >= 4 is 29.2 Å². The number of hydrogen-bond acceptors (Lipinski definition) is 5. The van der Waals surface area contributed by atoms with E-state index in [-0.39, 0.29) is 5.92 Å². The monoisotopic (exact) mass is 294 g/mol. The Morgan fingerprint density at radius 3 is 2.63 bits per heavy atom. The van der Waals surface area contributed by atoms with Gasteiger partial charge in [0.2, 0.25) is 0 Å². The van der Waals surface area contributed by atoms with Crippen molar-refractivity contribution in [2.75, 3.05) is 5.43 Å². The second-order valence-electron chi connectivity index (χ2n) is 4.28. The quantitative estimate of drug-likeness (QED) is 0.511. The van der Waals surface area contributed by atoms with Crippen LogP contribution in [0, 0.1) is 0 Å². The Balaban J connectivity index is 2.34. The van der Waals surface area contributed by atoms with Gasteiger partial charge in [0.25, 0.3) is 0 Å². The summed E-state index contributed by atoms with van der Waals surface area (Å²) in [7, 11) is 0.